The molecule has 122 valence electrons. The molecule has 0 aliphatic carbocycles. The van der Waals surface area contributed by atoms with E-state index in [1.165, 1.54) is 4.90 Å². The van der Waals surface area contributed by atoms with E-state index in [0.717, 1.165) is 5.56 Å². The van der Waals surface area contributed by atoms with Crippen LogP contribution in [0.2, 0.25) is 5.02 Å². The fourth-order valence-corrected chi connectivity index (χ4v) is 2.32. The Labute approximate surface area is 137 Å². The Morgan fingerprint density at radius 1 is 1.23 bits per heavy atom. The highest BCUT2D eigenvalue weighted by molar-refractivity contribution is 6.30. The molecule has 0 heterocycles. The van der Waals surface area contributed by atoms with Crippen LogP contribution in [-0.4, -0.2) is 55.3 Å². The molecule has 0 saturated carbocycles. The van der Waals surface area contributed by atoms with Gasteiger partial charge in [0.15, 0.2) is 0 Å². The molecule has 0 aliphatic heterocycles. The van der Waals surface area contributed by atoms with Crippen LogP contribution in [0.15, 0.2) is 24.3 Å². The van der Waals surface area contributed by atoms with Gasteiger partial charge in [0.25, 0.3) is 0 Å². The summed E-state index contributed by atoms with van der Waals surface area (Å²) in [6.07, 6.45) is 0. The summed E-state index contributed by atoms with van der Waals surface area (Å²) in [7, 11) is 5.19. The minimum absolute atomic E-state index is 0.0457. The highest BCUT2D eigenvalue weighted by Crippen LogP contribution is 2.21. The molecule has 1 aromatic carbocycles. The zero-order chi connectivity index (χ0) is 16.9. The standard InChI is InChI=1S/C16H24ClN3O2/c1-11(16(22)19(3)4)18-15(21)10-20(5)12(2)13-7-6-8-14(17)9-13/h6-9,11-12H,10H2,1-5H3,(H,18,21). The van der Waals surface area contributed by atoms with E-state index in [2.05, 4.69) is 5.32 Å². The number of halogens is 1. The number of hydrogen-bond donors (Lipinski definition) is 1. The summed E-state index contributed by atoms with van der Waals surface area (Å²) in [5, 5.41) is 3.39. The van der Waals surface area contributed by atoms with Crippen molar-refractivity contribution in [3.8, 4) is 0 Å². The number of rotatable bonds is 6. The molecule has 6 heteroatoms. The number of hydrogen-bond acceptors (Lipinski definition) is 3. The summed E-state index contributed by atoms with van der Waals surface area (Å²) >= 11 is 5.99. The van der Waals surface area contributed by atoms with Gasteiger partial charge in [0.1, 0.15) is 6.04 Å². The van der Waals surface area contributed by atoms with Gasteiger partial charge in [-0.3, -0.25) is 14.5 Å². The van der Waals surface area contributed by atoms with Crippen LogP contribution < -0.4 is 5.32 Å². The average molecular weight is 326 g/mol. The Kier molecular flexibility index (Phi) is 6.84. The summed E-state index contributed by atoms with van der Waals surface area (Å²) in [5.41, 5.74) is 1.04. The first-order chi connectivity index (χ1) is 10.2. The number of nitrogens with one attached hydrogen (secondary N) is 1. The van der Waals surface area contributed by atoms with Crippen LogP contribution in [0.1, 0.15) is 25.5 Å². The van der Waals surface area contributed by atoms with Crippen LogP contribution in [0.4, 0.5) is 0 Å². The van der Waals surface area contributed by atoms with Gasteiger partial charge < -0.3 is 10.2 Å². The van der Waals surface area contributed by atoms with Crippen molar-refractivity contribution in [2.24, 2.45) is 0 Å². The van der Waals surface area contributed by atoms with Crippen molar-refractivity contribution in [3.05, 3.63) is 34.9 Å². The maximum Gasteiger partial charge on any atom is 0.244 e. The Bertz CT molecular complexity index is 534. The molecule has 5 nitrogen and oxygen atoms in total. The van der Waals surface area contributed by atoms with Gasteiger partial charge in [0.2, 0.25) is 11.8 Å². The lowest BCUT2D eigenvalue weighted by atomic mass is 10.1. The lowest BCUT2D eigenvalue weighted by Crippen LogP contribution is -2.47. The molecule has 0 fully saturated rings. The fraction of sp³-hybridized carbons (Fsp3) is 0.500. The Morgan fingerprint density at radius 3 is 2.41 bits per heavy atom. The van der Waals surface area contributed by atoms with E-state index in [-0.39, 0.29) is 24.4 Å². The summed E-state index contributed by atoms with van der Waals surface area (Å²) < 4.78 is 0. The maximum atomic E-state index is 12.0. The molecule has 2 unspecified atom stereocenters. The molecule has 0 saturated heterocycles. The first-order valence-corrected chi connectivity index (χ1v) is 7.56. The molecule has 1 N–H and O–H groups in total. The van der Waals surface area contributed by atoms with E-state index in [4.69, 9.17) is 11.6 Å². The molecular weight excluding hydrogens is 302 g/mol. The van der Waals surface area contributed by atoms with Crippen molar-refractivity contribution in [3.63, 3.8) is 0 Å². The number of carbonyl (C=O) groups is 2. The van der Waals surface area contributed by atoms with Gasteiger partial charge in [-0.15, -0.1) is 0 Å². The monoisotopic (exact) mass is 325 g/mol. The second-order valence-corrected chi connectivity index (χ2v) is 6.10. The van der Waals surface area contributed by atoms with E-state index in [1.54, 1.807) is 21.0 Å². The molecule has 22 heavy (non-hydrogen) atoms. The van der Waals surface area contributed by atoms with E-state index < -0.39 is 6.04 Å². The maximum absolute atomic E-state index is 12.0. The lowest BCUT2D eigenvalue weighted by Gasteiger charge is -2.25. The molecule has 0 aromatic heterocycles. The summed E-state index contributed by atoms with van der Waals surface area (Å²) in [5.74, 6) is -0.307. The van der Waals surface area contributed by atoms with Gasteiger partial charge in [0.05, 0.1) is 6.54 Å². The highest BCUT2D eigenvalue weighted by atomic mass is 35.5. The third-order valence-electron chi connectivity index (χ3n) is 3.57. The molecular formula is C16H24ClN3O2. The van der Waals surface area contributed by atoms with Crippen LogP contribution in [0, 0.1) is 0 Å². The predicted molar refractivity (Wildman–Crippen MR) is 88.8 cm³/mol. The van der Waals surface area contributed by atoms with Gasteiger partial charge in [-0.2, -0.15) is 0 Å². The Balaban J connectivity index is 2.58. The van der Waals surface area contributed by atoms with Crippen LogP contribution in [0.5, 0.6) is 0 Å². The highest BCUT2D eigenvalue weighted by Gasteiger charge is 2.20. The Hall–Kier alpha value is -1.59. The van der Waals surface area contributed by atoms with Crippen molar-refractivity contribution in [1.82, 2.24) is 15.1 Å². The first-order valence-electron chi connectivity index (χ1n) is 7.18. The second kappa shape index (κ2) is 8.15. The number of amides is 2. The minimum Gasteiger partial charge on any atom is -0.347 e. The van der Waals surface area contributed by atoms with Gasteiger partial charge >= 0.3 is 0 Å². The molecule has 2 atom stereocenters. The van der Waals surface area contributed by atoms with E-state index in [0.29, 0.717) is 5.02 Å². The van der Waals surface area contributed by atoms with Crippen molar-refractivity contribution in [2.45, 2.75) is 25.9 Å². The fourth-order valence-electron chi connectivity index (χ4n) is 2.12. The third kappa shape index (κ3) is 5.31. The smallest absolute Gasteiger partial charge is 0.244 e. The quantitative estimate of drug-likeness (QED) is 0.869. The second-order valence-electron chi connectivity index (χ2n) is 5.67. The number of likely N-dealkylation sites (N-methyl/N-ethyl adjacent to an activating group) is 2. The van der Waals surface area contributed by atoms with Crippen LogP contribution in [0.3, 0.4) is 0 Å². The molecule has 0 bridgehead atoms. The number of benzene rings is 1. The summed E-state index contributed by atoms with van der Waals surface area (Å²) in [4.78, 5) is 27.2. The topological polar surface area (TPSA) is 52.7 Å². The van der Waals surface area contributed by atoms with E-state index in [1.807, 2.05) is 43.1 Å². The zero-order valence-electron chi connectivity index (χ0n) is 13.8. The van der Waals surface area contributed by atoms with Gasteiger partial charge in [-0.25, -0.2) is 0 Å². The number of nitrogens with zero attached hydrogens (tertiary/aromatic N) is 2. The van der Waals surface area contributed by atoms with Crippen molar-refractivity contribution in [2.75, 3.05) is 27.7 Å². The molecule has 0 radical (unpaired) electrons. The van der Waals surface area contributed by atoms with Crippen LogP contribution in [-0.2, 0) is 9.59 Å². The molecule has 1 rings (SSSR count). The SMILES string of the molecule is CC(NC(=O)CN(C)C(C)c1cccc(Cl)c1)C(=O)N(C)C. The van der Waals surface area contributed by atoms with Crippen molar-refractivity contribution in [1.29, 1.82) is 0 Å². The first kappa shape index (κ1) is 18.5. The van der Waals surface area contributed by atoms with Crippen LogP contribution >= 0.6 is 11.6 Å². The lowest BCUT2D eigenvalue weighted by molar-refractivity contribution is -0.134. The molecule has 1 aromatic rings. The van der Waals surface area contributed by atoms with Crippen molar-refractivity contribution >= 4 is 23.4 Å². The van der Waals surface area contributed by atoms with Gasteiger partial charge in [0, 0.05) is 25.2 Å². The van der Waals surface area contributed by atoms with Crippen molar-refractivity contribution < 1.29 is 9.59 Å². The van der Waals surface area contributed by atoms with Gasteiger partial charge in [-0.1, -0.05) is 23.7 Å². The average Bonchev–Trinajstić information content (AvgIpc) is 2.45. The Morgan fingerprint density at radius 2 is 1.86 bits per heavy atom. The predicted octanol–water partition coefficient (Wildman–Crippen LogP) is 1.93. The number of carbonyl (C=O) groups excluding carboxylic acids is 2. The normalized spacial score (nSPS) is 13.6. The summed E-state index contributed by atoms with van der Waals surface area (Å²) in [6, 6.07) is 7.09. The molecule has 0 spiro atoms. The van der Waals surface area contributed by atoms with E-state index >= 15 is 0 Å². The van der Waals surface area contributed by atoms with Crippen LogP contribution in [0.25, 0.3) is 0 Å². The minimum atomic E-state index is -0.530. The van der Waals surface area contributed by atoms with Gasteiger partial charge in [-0.05, 0) is 38.6 Å². The largest absolute Gasteiger partial charge is 0.347 e. The molecule has 0 aliphatic rings. The zero-order valence-corrected chi connectivity index (χ0v) is 14.5. The van der Waals surface area contributed by atoms with E-state index in [9.17, 15) is 9.59 Å². The summed E-state index contributed by atoms with van der Waals surface area (Å²) in [6.45, 7) is 3.90. The molecule has 2 amide bonds. The third-order valence-corrected chi connectivity index (χ3v) is 3.81.